The fraction of sp³-hybridized carbons (Fsp3) is 1.00. The third kappa shape index (κ3) is 0.892. The van der Waals surface area contributed by atoms with Gasteiger partial charge in [-0.1, -0.05) is 0 Å². The van der Waals surface area contributed by atoms with Gasteiger partial charge >= 0.3 is 0 Å². The van der Waals surface area contributed by atoms with E-state index in [0.29, 0.717) is 0 Å². The Morgan fingerprint density at radius 1 is 1.07 bits per heavy atom. The Morgan fingerprint density at radius 3 is 2.93 bits per heavy atom. The van der Waals surface area contributed by atoms with Crippen molar-refractivity contribution in [2.75, 3.05) is 19.8 Å². The highest BCUT2D eigenvalue weighted by atomic mass is 16.5. The number of ether oxygens (including phenoxy) is 1. The molecular weight excluding hydrogens is 174 g/mol. The van der Waals surface area contributed by atoms with Crippen molar-refractivity contribution in [3.63, 3.8) is 0 Å². The van der Waals surface area contributed by atoms with E-state index in [-0.39, 0.29) is 0 Å². The molecule has 0 aromatic rings. The molecule has 0 spiro atoms. The number of hydrogen-bond acceptors (Lipinski definition) is 2. The van der Waals surface area contributed by atoms with Gasteiger partial charge in [-0.2, -0.15) is 0 Å². The minimum absolute atomic E-state index is 0.880. The van der Waals surface area contributed by atoms with Crippen molar-refractivity contribution < 1.29 is 4.74 Å². The molecule has 6 atom stereocenters. The van der Waals surface area contributed by atoms with Gasteiger partial charge < -0.3 is 10.1 Å². The zero-order valence-electron chi connectivity index (χ0n) is 8.61. The van der Waals surface area contributed by atoms with Gasteiger partial charge in [0.1, 0.15) is 0 Å². The normalized spacial score (nSPS) is 60.0. The van der Waals surface area contributed by atoms with E-state index in [1.165, 1.54) is 25.8 Å². The molecule has 2 nitrogen and oxygen atoms in total. The molecule has 0 aromatic heterocycles. The molecule has 2 saturated carbocycles. The van der Waals surface area contributed by atoms with Gasteiger partial charge in [0.25, 0.3) is 0 Å². The van der Waals surface area contributed by atoms with E-state index >= 15 is 0 Å². The average Bonchev–Trinajstić information content (AvgIpc) is 2.85. The van der Waals surface area contributed by atoms with Crippen molar-refractivity contribution in [3.8, 4) is 0 Å². The minimum Gasteiger partial charge on any atom is -0.381 e. The Labute approximate surface area is 85.4 Å². The van der Waals surface area contributed by atoms with Crippen molar-refractivity contribution in [1.29, 1.82) is 0 Å². The van der Waals surface area contributed by atoms with Crippen LogP contribution < -0.4 is 5.32 Å². The predicted molar refractivity (Wildman–Crippen MR) is 53.9 cm³/mol. The molecule has 0 radical (unpaired) electrons. The largest absolute Gasteiger partial charge is 0.381 e. The lowest BCUT2D eigenvalue weighted by Crippen LogP contribution is -2.38. The molecule has 6 unspecified atom stereocenters. The van der Waals surface area contributed by atoms with Gasteiger partial charge in [0.05, 0.1) is 0 Å². The third-order valence-corrected chi connectivity index (χ3v) is 5.33. The molecule has 14 heavy (non-hydrogen) atoms. The molecule has 4 fully saturated rings. The number of nitrogens with one attached hydrogen (secondary N) is 1. The van der Waals surface area contributed by atoms with Crippen LogP contribution in [-0.2, 0) is 4.74 Å². The van der Waals surface area contributed by atoms with E-state index in [1.54, 1.807) is 0 Å². The fourth-order valence-electron chi connectivity index (χ4n) is 4.88. The summed E-state index contributed by atoms with van der Waals surface area (Å²) in [5, 5.41) is 3.78. The van der Waals surface area contributed by atoms with Crippen molar-refractivity contribution in [1.82, 2.24) is 5.32 Å². The molecule has 2 heterocycles. The van der Waals surface area contributed by atoms with E-state index < -0.39 is 0 Å². The van der Waals surface area contributed by atoms with Gasteiger partial charge in [-0.3, -0.25) is 0 Å². The second-order valence-corrected chi connectivity index (χ2v) is 5.79. The average molecular weight is 193 g/mol. The van der Waals surface area contributed by atoms with Crippen molar-refractivity contribution in [2.24, 2.45) is 29.6 Å². The molecule has 0 amide bonds. The summed E-state index contributed by atoms with van der Waals surface area (Å²) in [7, 11) is 0. The maximum atomic E-state index is 5.56. The topological polar surface area (TPSA) is 21.3 Å². The van der Waals surface area contributed by atoms with E-state index in [0.717, 1.165) is 48.8 Å². The van der Waals surface area contributed by atoms with Gasteiger partial charge in [-0.25, -0.2) is 0 Å². The molecule has 1 N–H and O–H groups in total. The first-order valence-electron chi connectivity index (χ1n) is 6.24. The van der Waals surface area contributed by atoms with Crippen LogP contribution in [0.1, 0.15) is 19.3 Å². The molecule has 2 bridgehead atoms. The smallest absolute Gasteiger partial charge is 0.0498 e. The second kappa shape index (κ2) is 2.73. The lowest BCUT2D eigenvalue weighted by Gasteiger charge is -2.31. The maximum Gasteiger partial charge on any atom is 0.0498 e. The van der Waals surface area contributed by atoms with Crippen molar-refractivity contribution in [2.45, 2.75) is 25.3 Å². The summed E-state index contributed by atoms with van der Waals surface area (Å²) >= 11 is 0. The Kier molecular flexibility index (Phi) is 1.58. The van der Waals surface area contributed by atoms with E-state index in [1.807, 2.05) is 0 Å². The van der Waals surface area contributed by atoms with Crippen LogP contribution in [0.25, 0.3) is 0 Å². The zero-order valence-corrected chi connectivity index (χ0v) is 8.61. The second-order valence-electron chi connectivity index (χ2n) is 5.79. The number of fused-ring (bicyclic) bond motifs is 1. The number of hydrogen-bond donors (Lipinski definition) is 1. The monoisotopic (exact) mass is 193 g/mol. The summed E-state index contributed by atoms with van der Waals surface area (Å²) in [4.78, 5) is 0. The molecule has 2 saturated heterocycles. The van der Waals surface area contributed by atoms with Crippen LogP contribution in [0.5, 0.6) is 0 Å². The first-order valence-corrected chi connectivity index (χ1v) is 6.24. The molecule has 4 aliphatic rings. The minimum atomic E-state index is 0.880. The molecule has 2 aliphatic carbocycles. The lowest BCUT2D eigenvalue weighted by atomic mass is 9.75. The van der Waals surface area contributed by atoms with Crippen LogP contribution in [0.4, 0.5) is 0 Å². The Morgan fingerprint density at radius 2 is 2.07 bits per heavy atom. The van der Waals surface area contributed by atoms with Crippen LogP contribution in [0.15, 0.2) is 0 Å². The summed E-state index contributed by atoms with van der Waals surface area (Å²) in [5.74, 6) is 5.01. The number of rotatable bonds is 1. The van der Waals surface area contributed by atoms with Gasteiger partial charge in [-0.05, 0) is 55.4 Å². The Hall–Kier alpha value is -0.0800. The zero-order chi connectivity index (χ0) is 9.12. The molecule has 2 aliphatic heterocycles. The Balaban J connectivity index is 1.62. The van der Waals surface area contributed by atoms with Crippen molar-refractivity contribution >= 4 is 0 Å². The Bertz CT molecular complexity index is 245. The van der Waals surface area contributed by atoms with Gasteiger partial charge in [-0.15, -0.1) is 0 Å². The summed E-state index contributed by atoms with van der Waals surface area (Å²) in [6.45, 7) is 3.39. The molecular formula is C12H19NO. The van der Waals surface area contributed by atoms with E-state index in [2.05, 4.69) is 5.32 Å². The molecule has 4 rings (SSSR count). The molecule has 0 aromatic carbocycles. The van der Waals surface area contributed by atoms with Crippen LogP contribution in [0.3, 0.4) is 0 Å². The summed E-state index contributed by atoms with van der Waals surface area (Å²) < 4.78 is 5.56. The van der Waals surface area contributed by atoms with Gasteiger partial charge in [0.2, 0.25) is 0 Å². The lowest BCUT2D eigenvalue weighted by molar-refractivity contribution is 0.142. The molecule has 2 heteroatoms. The van der Waals surface area contributed by atoms with Crippen LogP contribution in [-0.4, -0.2) is 25.8 Å². The van der Waals surface area contributed by atoms with Gasteiger partial charge in [0, 0.05) is 19.3 Å². The standard InChI is InChI=1S/C12H19NO/c1-2-14-6-7(1)11-8-3-9-5-13-12(11)10(9)4-8/h7-13H,1-6H2. The summed E-state index contributed by atoms with van der Waals surface area (Å²) in [6.07, 6.45) is 4.38. The molecule has 78 valence electrons. The quantitative estimate of drug-likeness (QED) is 0.677. The summed E-state index contributed by atoms with van der Waals surface area (Å²) in [5.41, 5.74) is 0. The predicted octanol–water partition coefficient (Wildman–Crippen LogP) is 1.27. The van der Waals surface area contributed by atoms with Gasteiger partial charge in [0.15, 0.2) is 0 Å². The maximum absolute atomic E-state index is 5.56. The fourth-order valence-corrected chi connectivity index (χ4v) is 4.88. The highest BCUT2D eigenvalue weighted by molar-refractivity contribution is 5.10. The first-order chi connectivity index (χ1) is 6.93. The van der Waals surface area contributed by atoms with E-state index in [9.17, 15) is 0 Å². The summed E-state index contributed by atoms with van der Waals surface area (Å²) in [6, 6.07) is 0.880. The van der Waals surface area contributed by atoms with E-state index in [4.69, 9.17) is 4.74 Å². The highest BCUT2D eigenvalue weighted by Crippen LogP contribution is 2.57. The first kappa shape index (κ1) is 8.12. The third-order valence-electron chi connectivity index (χ3n) is 5.33. The SMILES string of the molecule is C1CC(C2C3CC4CNC2C4C3)CO1. The van der Waals surface area contributed by atoms with Crippen LogP contribution in [0, 0.1) is 29.6 Å². The van der Waals surface area contributed by atoms with Crippen LogP contribution >= 0.6 is 0 Å². The van der Waals surface area contributed by atoms with Crippen molar-refractivity contribution in [3.05, 3.63) is 0 Å². The van der Waals surface area contributed by atoms with Crippen LogP contribution in [0.2, 0.25) is 0 Å². The highest BCUT2D eigenvalue weighted by Gasteiger charge is 2.57.